The predicted octanol–water partition coefficient (Wildman–Crippen LogP) is 1.19. The molecular formula is C12H21NO5. The highest BCUT2D eigenvalue weighted by Gasteiger charge is 2.34. The number of nitrogens with zero attached hydrogens (tertiary/aromatic N) is 1. The summed E-state index contributed by atoms with van der Waals surface area (Å²) in [6.07, 6.45) is -0.100. The van der Waals surface area contributed by atoms with Gasteiger partial charge in [-0.3, -0.25) is 4.79 Å². The number of esters is 1. The first kappa shape index (κ1) is 14.8. The van der Waals surface area contributed by atoms with E-state index >= 15 is 0 Å². The van der Waals surface area contributed by atoms with Gasteiger partial charge in [0, 0.05) is 0 Å². The largest absolute Gasteiger partial charge is 0.469 e. The van der Waals surface area contributed by atoms with E-state index in [1.807, 2.05) is 20.8 Å². The van der Waals surface area contributed by atoms with Gasteiger partial charge in [0.2, 0.25) is 0 Å². The maximum absolute atomic E-state index is 11.6. The lowest BCUT2D eigenvalue weighted by molar-refractivity contribution is -0.143. The van der Waals surface area contributed by atoms with E-state index in [2.05, 4.69) is 4.74 Å². The van der Waals surface area contributed by atoms with E-state index in [0.29, 0.717) is 19.7 Å². The van der Waals surface area contributed by atoms with Crippen LogP contribution in [0.3, 0.4) is 0 Å². The summed E-state index contributed by atoms with van der Waals surface area (Å²) in [5, 5.41) is 0. The average molecular weight is 259 g/mol. The maximum Gasteiger partial charge on any atom is 0.410 e. The molecule has 0 N–H and O–H groups in total. The first-order valence-electron chi connectivity index (χ1n) is 5.98. The summed E-state index contributed by atoms with van der Waals surface area (Å²) in [5.41, 5.74) is -0.478. The molecule has 0 bridgehead atoms. The van der Waals surface area contributed by atoms with Crippen LogP contribution in [-0.4, -0.2) is 55.5 Å². The molecule has 0 aromatic rings. The molecule has 0 aliphatic carbocycles. The van der Waals surface area contributed by atoms with Gasteiger partial charge in [-0.25, -0.2) is 4.79 Å². The van der Waals surface area contributed by atoms with Crippen molar-refractivity contribution in [2.24, 2.45) is 0 Å². The molecule has 0 aromatic heterocycles. The van der Waals surface area contributed by atoms with Gasteiger partial charge in [-0.15, -0.1) is 0 Å². The lowest BCUT2D eigenvalue weighted by atomic mass is 10.2. The van der Waals surface area contributed by atoms with Crippen LogP contribution < -0.4 is 0 Å². The summed E-state index contributed by atoms with van der Waals surface area (Å²) in [4.78, 5) is 24.0. The van der Waals surface area contributed by atoms with Crippen molar-refractivity contribution < 1.29 is 23.8 Å². The number of hydrogen-bond acceptors (Lipinski definition) is 5. The second-order valence-corrected chi connectivity index (χ2v) is 5.20. The highest BCUT2D eigenvalue weighted by atomic mass is 16.6. The Morgan fingerprint density at radius 1 is 1.28 bits per heavy atom. The van der Waals surface area contributed by atoms with Crippen molar-refractivity contribution in [3.05, 3.63) is 0 Å². The third kappa shape index (κ3) is 4.91. The minimum Gasteiger partial charge on any atom is -0.469 e. The highest BCUT2D eigenvalue weighted by molar-refractivity contribution is 5.69. The van der Waals surface area contributed by atoms with Crippen LogP contribution in [0.1, 0.15) is 27.2 Å². The molecule has 6 heteroatoms. The van der Waals surface area contributed by atoms with Crippen molar-refractivity contribution in [2.45, 2.75) is 38.9 Å². The molecule has 1 fully saturated rings. The fraction of sp³-hybridized carbons (Fsp3) is 0.833. The van der Waals surface area contributed by atoms with E-state index in [9.17, 15) is 9.59 Å². The first-order valence-corrected chi connectivity index (χ1v) is 5.98. The summed E-state index contributed by atoms with van der Waals surface area (Å²) in [7, 11) is 1.34. The average Bonchev–Trinajstić information content (AvgIpc) is 2.17. The van der Waals surface area contributed by atoms with Crippen LogP contribution >= 0.6 is 0 Å². The van der Waals surface area contributed by atoms with Crippen molar-refractivity contribution in [3.63, 3.8) is 0 Å². The Balaban J connectivity index is 2.12. The van der Waals surface area contributed by atoms with Crippen LogP contribution in [0.25, 0.3) is 0 Å². The topological polar surface area (TPSA) is 65.1 Å². The van der Waals surface area contributed by atoms with Crippen LogP contribution in [0, 0.1) is 0 Å². The molecule has 1 rings (SSSR count). The van der Waals surface area contributed by atoms with Crippen molar-refractivity contribution in [1.29, 1.82) is 0 Å². The van der Waals surface area contributed by atoms with E-state index in [4.69, 9.17) is 9.47 Å². The zero-order valence-corrected chi connectivity index (χ0v) is 11.4. The SMILES string of the molecule is COC(=O)CCOC1CN(C(=O)OC(C)(C)C)C1. The number of rotatable bonds is 4. The van der Waals surface area contributed by atoms with Crippen LogP contribution in [-0.2, 0) is 19.0 Å². The molecule has 104 valence electrons. The van der Waals surface area contributed by atoms with Gasteiger partial charge >= 0.3 is 12.1 Å². The Morgan fingerprint density at radius 3 is 2.39 bits per heavy atom. The molecule has 6 nitrogen and oxygen atoms in total. The number of carbonyl (C=O) groups excluding carboxylic acids is 2. The molecule has 0 unspecified atom stereocenters. The van der Waals surface area contributed by atoms with Gasteiger partial charge in [0.15, 0.2) is 0 Å². The molecule has 0 spiro atoms. The molecule has 0 atom stereocenters. The van der Waals surface area contributed by atoms with Gasteiger partial charge in [-0.05, 0) is 20.8 Å². The zero-order valence-electron chi connectivity index (χ0n) is 11.4. The minimum absolute atomic E-state index is 0.0119. The van der Waals surface area contributed by atoms with Crippen LogP contribution in [0.15, 0.2) is 0 Å². The molecule has 1 aliphatic heterocycles. The number of hydrogen-bond donors (Lipinski definition) is 0. The molecule has 1 amide bonds. The van der Waals surface area contributed by atoms with Crippen molar-refractivity contribution in [2.75, 3.05) is 26.8 Å². The Kier molecular flexibility index (Phi) is 4.95. The second kappa shape index (κ2) is 6.04. The predicted molar refractivity (Wildman–Crippen MR) is 64.2 cm³/mol. The Bertz CT molecular complexity index is 304. The normalized spacial score (nSPS) is 16.1. The van der Waals surface area contributed by atoms with Gasteiger partial charge in [-0.1, -0.05) is 0 Å². The molecule has 1 aliphatic rings. The second-order valence-electron chi connectivity index (χ2n) is 5.20. The van der Waals surface area contributed by atoms with E-state index in [1.54, 1.807) is 4.90 Å². The van der Waals surface area contributed by atoms with Gasteiger partial charge in [0.25, 0.3) is 0 Å². The molecule has 0 aromatic carbocycles. The molecule has 1 heterocycles. The summed E-state index contributed by atoms with van der Waals surface area (Å²) < 4.78 is 15.1. The minimum atomic E-state index is -0.478. The monoisotopic (exact) mass is 259 g/mol. The third-order valence-electron chi connectivity index (χ3n) is 2.39. The summed E-state index contributed by atoms with van der Waals surface area (Å²) >= 11 is 0. The highest BCUT2D eigenvalue weighted by Crippen LogP contribution is 2.17. The fourth-order valence-electron chi connectivity index (χ4n) is 1.43. The lowest BCUT2D eigenvalue weighted by Gasteiger charge is -2.39. The molecule has 0 radical (unpaired) electrons. The number of methoxy groups -OCH3 is 1. The molecule has 0 saturated carbocycles. The van der Waals surface area contributed by atoms with Crippen LogP contribution in [0.5, 0.6) is 0 Å². The molecular weight excluding hydrogens is 238 g/mol. The summed E-state index contributed by atoms with van der Waals surface area (Å²) in [5.74, 6) is -0.293. The van der Waals surface area contributed by atoms with E-state index in [-0.39, 0.29) is 24.6 Å². The van der Waals surface area contributed by atoms with Gasteiger partial charge in [-0.2, -0.15) is 0 Å². The molecule has 18 heavy (non-hydrogen) atoms. The van der Waals surface area contributed by atoms with Gasteiger partial charge < -0.3 is 19.1 Å². The van der Waals surface area contributed by atoms with Crippen molar-refractivity contribution in [1.82, 2.24) is 4.90 Å². The van der Waals surface area contributed by atoms with Crippen molar-refractivity contribution >= 4 is 12.1 Å². The standard InChI is InChI=1S/C12H21NO5/c1-12(2,3)18-11(15)13-7-9(8-13)17-6-5-10(14)16-4/h9H,5-8H2,1-4H3. The number of likely N-dealkylation sites (tertiary alicyclic amines) is 1. The maximum atomic E-state index is 11.6. The van der Waals surface area contributed by atoms with Gasteiger partial charge in [0.05, 0.1) is 39.3 Å². The Labute approximate surface area is 107 Å². The van der Waals surface area contributed by atoms with Crippen molar-refractivity contribution in [3.8, 4) is 0 Å². The van der Waals surface area contributed by atoms with Crippen LogP contribution in [0.2, 0.25) is 0 Å². The zero-order chi connectivity index (χ0) is 13.8. The quantitative estimate of drug-likeness (QED) is 0.709. The smallest absolute Gasteiger partial charge is 0.410 e. The third-order valence-corrected chi connectivity index (χ3v) is 2.39. The summed E-state index contributed by atoms with van der Waals surface area (Å²) in [6.45, 7) is 6.82. The Morgan fingerprint density at radius 2 is 1.89 bits per heavy atom. The first-order chi connectivity index (χ1) is 8.31. The van der Waals surface area contributed by atoms with E-state index in [0.717, 1.165) is 0 Å². The van der Waals surface area contributed by atoms with E-state index < -0.39 is 5.60 Å². The lowest BCUT2D eigenvalue weighted by Crippen LogP contribution is -2.56. The van der Waals surface area contributed by atoms with Crippen LogP contribution in [0.4, 0.5) is 4.79 Å². The fourth-order valence-corrected chi connectivity index (χ4v) is 1.43. The summed E-state index contributed by atoms with van der Waals surface area (Å²) in [6, 6.07) is 0. The number of carbonyl (C=O) groups is 2. The Hall–Kier alpha value is -1.30. The van der Waals surface area contributed by atoms with Gasteiger partial charge in [0.1, 0.15) is 5.60 Å². The number of ether oxygens (including phenoxy) is 3. The molecule has 1 saturated heterocycles. The number of amides is 1. The van der Waals surface area contributed by atoms with E-state index in [1.165, 1.54) is 7.11 Å².